The average molecular weight is 304 g/mol. The van der Waals surface area contributed by atoms with Crippen LogP contribution in [0.25, 0.3) is 0 Å². The maximum atomic E-state index is 12.7. The van der Waals surface area contributed by atoms with E-state index in [9.17, 15) is 4.79 Å². The fraction of sp³-hybridized carbons (Fsp3) is 0.588. The number of nitrogens with zero attached hydrogens (tertiary/aromatic N) is 1. The molecule has 0 aliphatic carbocycles. The molecule has 0 spiro atoms. The van der Waals surface area contributed by atoms with Crippen LogP contribution < -0.4 is 19.7 Å². The first kappa shape index (κ1) is 15.0. The highest BCUT2D eigenvalue weighted by atomic mass is 16.6. The van der Waals surface area contributed by atoms with Crippen LogP contribution >= 0.6 is 0 Å². The van der Waals surface area contributed by atoms with Gasteiger partial charge in [0.2, 0.25) is 5.91 Å². The lowest BCUT2D eigenvalue weighted by molar-refractivity contribution is -0.119. The minimum Gasteiger partial charge on any atom is -0.486 e. The Bertz CT molecular complexity index is 559. The second kappa shape index (κ2) is 6.46. The summed E-state index contributed by atoms with van der Waals surface area (Å²) >= 11 is 0. The summed E-state index contributed by atoms with van der Waals surface area (Å²) in [5.74, 6) is 1.66. The van der Waals surface area contributed by atoms with Crippen molar-refractivity contribution in [1.29, 1.82) is 0 Å². The van der Waals surface area contributed by atoms with Gasteiger partial charge in [-0.1, -0.05) is 26.7 Å². The van der Waals surface area contributed by atoms with Gasteiger partial charge in [-0.15, -0.1) is 0 Å². The number of hydrogen-bond acceptors (Lipinski definition) is 4. The number of rotatable bonds is 5. The second-order valence-electron chi connectivity index (χ2n) is 5.84. The smallest absolute Gasteiger partial charge is 0.249 e. The Hall–Kier alpha value is -1.91. The van der Waals surface area contributed by atoms with E-state index in [2.05, 4.69) is 19.2 Å². The predicted octanol–water partition coefficient (Wildman–Crippen LogP) is 3.19. The Labute approximate surface area is 131 Å². The molecule has 2 aliphatic heterocycles. The van der Waals surface area contributed by atoms with Gasteiger partial charge in [-0.3, -0.25) is 4.79 Å². The first-order valence-corrected chi connectivity index (χ1v) is 8.26. The third-order valence-electron chi connectivity index (χ3n) is 4.16. The number of amides is 1. The lowest BCUT2D eigenvalue weighted by Gasteiger charge is -2.36. The van der Waals surface area contributed by atoms with Crippen molar-refractivity contribution in [1.82, 2.24) is 0 Å². The molecule has 0 saturated carbocycles. The van der Waals surface area contributed by atoms with E-state index in [-0.39, 0.29) is 11.9 Å². The van der Waals surface area contributed by atoms with Crippen LogP contribution in [0.15, 0.2) is 12.1 Å². The molecule has 1 aromatic carbocycles. The lowest BCUT2D eigenvalue weighted by atomic mass is 10.0. The average Bonchev–Trinajstić information content (AvgIpc) is 2.54. The lowest BCUT2D eigenvalue weighted by Crippen LogP contribution is -2.47. The Morgan fingerprint density at radius 2 is 1.91 bits per heavy atom. The van der Waals surface area contributed by atoms with Crippen molar-refractivity contribution in [3.8, 4) is 11.5 Å². The highest BCUT2D eigenvalue weighted by Gasteiger charge is 2.33. The molecule has 3 rings (SSSR count). The highest BCUT2D eigenvalue weighted by molar-refractivity contribution is 6.05. The molecule has 5 nitrogen and oxygen atoms in total. The van der Waals surface area contributed by atoms with Gasteiger partial charge in [0.15, 0.2) is 11.5 Å². The summed E-state index contributed by atoms with van der Waals surface area (Å²) in [6.45, 7) is 6.12. The molecule has 1 amide bonds. The van der Waals surface area contributed by atoms with Crippen molar-refractivity contribution < 1.29 is 14.3 Å². The van der Waals surface area contributed by atoms with Gasteiger partial charge in [0.1, 0.15) is 19.3 Å². The number of ether oxygens (including phenoxy) is 2. The van der Waals surface area contributed by atoms with Crippen LogP contribution in [0.4, 0.5) is 11.4 Å². The molecule has 2 aliphatic rings. The van der Waals surface area contributed by atoms with E-state index >= 15 is 0 Å². The predicted molar refractivity (Wildman–Crippen MR) is 87.0 cm³/mol. The van der Waals surface area contributed by atoms with Crippen molar-refractivity contribution in [3.05, 3.63) is 12.1 Å². The van der Waals surface area contributed by atoms with E-state index in [1.807, 2.05) is 17.0 Å². The minimum absolute atomic E-state index is 0.142. The number of fused-ring (bicyclic) bond motifs is 2. The third-order valence-corrected chi connectivity index (χ3v) is 4.16. The summed E-state index contributed by atoms with van der Waals surface area (Å²) in [6.07, 6.45) is 3.88. The Kier molecular flexibility index (Phi) is 4.41. The summed E-state index contributed by atoms with van der Waals surface area (Å²) in [5, 5.41) is 3.38. The third kappa shape index (κ3) is 2.72. The molecule has 22 heavy (non-hydrogen) atoms. The van der Waals surface area contributed by atoms with E-state index in [0.29, 0.717) is 13.2 Å². The molecular weight excluding hydrogens is 280 g/mol. The fourth-order valence-electron chi connectivity index (χ4n) is 3.00. The quantitative estimate of drug-likeness (QED) is 0.907. The number of benzene rings is 1. The molecule has 0 fully saturated rings. The highest BCUT2D eigenvalue weighted by Crippen LogP contribution is 2.42. The van der Waals surface area contributed by atoms with Crippen molar-refractivity contribution in [2.45, 2.75) is 45.6 Å². The van der Waals surface area contributed by atoms with Crippen LogP contribution in [0.2, 0.25) is 0 Å². The van der Waals surface area contributed by atoms with E-state index in [1.165, 1.54) is 0 Å². The van der Waals surface area contributed by atoms with Gasteiger partial charge in [-0.2, -0.15) is 0 Å². The monoisotopic (exact) mass is 304 g/mol. The molecule has 5 heteroatoms. The fourth-order valence-corrected chi connectivity index (χ4v) is 3.00. The van der Waals surface area contributed by atoms with Crippen LogP contribution in [0, 0.1) is 0 Å². The van der Waals surface area contributed by atoms with Gasteiger partial charge in [-0.05, 0) is 12.8 Å². The number of anilines is 2. The Balaban J connectivity index is 1.97. The van der Waals surface area contributed by atoms with Crippen molar-refractivity contribution in [3.63, 3.8) is 0 Å². The topological polar surface area (TPSA) is 50.8 Å². The summed E-state index contributed by atoms with van der Waals surface area (Å²) < 4.78 is 11.3. The zero-order chi connectivity index (χ0) is 15.5. The molecule has 1 N–H and O–H groups in total. The number of carbonyl (C=O) groups is 1. The first-order chi connectivity index (χ1) is 10.7. The molecule has 1 aromatic rings. The molecule has 0 radical (unpaired) electrons. The number of unbranched alkanes of at least 4 members (excludes halogenated alkanes) is 1. The number of hydrogen-bond donors (Lipinski definition) is 1. The summed E-state index contributed by atoms with van der Waals surface area (Å²) in [6, 6.07) is 3.77. The minimum atomic E-state index is -0.142. The maximum absolute atomic E-state index is 12.7. The standard InChI is InChI=1S/C17H24N2O3/c1-3-5-7-19-14-11-16-15(21-8-9-22-16)10-13(14)18-12(6-4-2)17(19)20/h10-12,18H,3-9H2,1-2H3. The van der Waals surface area contributed by atoms with Gasteiger partial charge in [-0.25, -0.2) is 0 Å². The molecule has 0 bridgehead atoms. The Morgan fingerprint density at radius 3 is 2.59 bits per heavy atom. The normalized spacial score (nSPS) is 19.6. The largest absolute Gasteiger partial charge is 0.486 e. The van der Waals surface area contributed by atoms with Crippen LogP contribution in [-0.4, -0.2) is 31.7 Å². The Morgan fingerprint density at radius 1 is 1.18 bits per heavy atom. The van der Waals surface area contributed by atoms with Gasteiger partial charge < -0.3 is 19.7 Å². The van der Waals surface area contributed by atoms with Gasteiger partial charge >= 0.3 is 0 Å². The molecule has 1 atom stereocenters. The van der Waals surface area contributed by atoms with E-state index in [1.54, 1.807) is 0 Å². The molecule has 0 aromatic heterocycles. The van der Waals surface area contributed by atoms with Crippen LogP contribution in [0.5, 0.6) is 11.5 Å². The number of nitrogens with one attached hydrogen (secondary N) is 1. The molecule has 1 unspecified atom stereocenters. The zero-order valence-electron chi connectivity index (χ0n) is 13.4. The zero-order valence-corrected chi connectivity index (χ0v) is 13.4. The van der Waals surface area contributed by atoms with Crippen LogP contribution in [0.3, 0.4) is 0 Å². The van der Waals surface area contributed by atoms with Crippen LogP contribution in [-0.2, 0) is 4.79 Å². The number of carbonyl (C=O) groups excluding carboxylic acids is 1. The summed E-state index contributed by atoms with van der Waals surface area (Å²) in [5.41, 5.74) is 1.88. The second-order valence-corrected chi connectivity index (χ2v) is 5.84. The summed E-state index contributed by atoms with van der Waals surface area (Å²) in [7, 11) is 0. The molecular formula is C17H24N2O3. The molecule has 120 valence electrons. The van der Waals surface area contributed by atoms with Crippen molar-refractivity contribution in [2.24, 2.45) is 0 Å². The van der Waals surface area contributed by atoms with E-state index in [0.717, 1.165) is 55.1 Å². The van der Waals surface area contributed by atoms with E-state index < -0.39 is 0 Å². The summed E-state index contributed by atoms with van der Waals surface area (Å²) in [4.78, 5) is 14.7. The molecule has 2 heterocycles. The van der Waals surface area contributed by atoms with Gasteiger partial charge in [0, 0.05) is 18.7 Å². The van der Waals surface area contributed by atoms with Crippen molar-refractivity contribution >= 4 is 17.3 Å². The SMILES string of the molecule is CCCCN1C(=O)C(CCC)Nc2cc3c(cc21)OCCO3. The first-order valence-electron chi connectivity index (χ1n) is 8.26. The van der Waals surface area contributed by atoms with Crippen LogP contribution in [0.1, 0.15) is 39.5 Å². The van der Waals surface area contributed by atoms with Crippen molar-refractivity contribution in [2.75, 3.05) is 30.0 Å². The van der Waals surface area contributed by atoms with Gasteiger partial charge in [0.25, 0.3) is 0 Å². The van der Waals surface area contributed by atoms with Gasteiger partial charge in [0.05, 0.1) is 11.4 Å². The molecule has 0 saturated heterocycles. The maximum Gasteiger partial charge on any atom is 0.249 e. The van der Waals surface area contributed by atoms with E-state index in [4.69, 9.17) is 9.47 Å².